The second-order valence-corrected chi connectivity index (χ2v) is 7.34. The van der Waals surface area contributed by atoms with Gasteiger partial charge in [0.1, 0.15) is 0 Å². The lowest BCUT2D eigenvalue weighted by Crippen LogP contribution is -2.25. The Bertz CT molecular complexity index is 439. The van der Waals surface area contributed by atoms with Crippen LogP contribution in [0.15, 0.2) is 29.2 Å². The lowest BCUT2D eigenvalue weighted by molar-refractivity contribution is -0.123. The maximum absolute atomic E-state index is 12.1. The normalized spacial score (nSPS) is 13.7. The molecule has 0 aliphatic rings. The second-order valence-electron chi connectivity index (χ2n) is 5.89. The third kappa shape index (κ3) is 4.05. The molecule has 0 heterocycles. The van der Waals surface area contributed by atoms with Crippen molar-refractivity contribution in [2.24, 2.45) is 5.41 Å². The molecule has 100 valence electrons. The maximum atomic E-state index is 12.1. The second kappa shape index (κ2) is 5.79. The van der Waals surface area contributed by atoms with Crippen molar-refractivity contribution in [2.45, 2.75) is 45.4 Å². The fraction of sp³-hybridized carbons (Fsp3) is 0.533. The molecule has 0 bridgehead atoms. The van der Waals surface area contributed by atoms with Gasteiger partial charge in [-0.25, -0.2) is 0 Å². The summed E-state index contributed by atoms with van der Waals surface area (Å²) in [6.45, 7) is 9.81. The third-order valence-corrected chi connectivity index (χ3v) is 4.23. The highest BCUT2D eigenvalue weighted by molar-refractivity contribution is 7.85. The van der Waals surface area contributed by atoms with Gasteiger partial charge in [-0.3, -0.25) is 9.00 Å². The van der Waals surface area contributed by atoms with E-state index < -0.39 is 16.2 Å². The van der Waals surface area contributed by atoms with Crippen LogP contribution in [0.4, 0.5) is 0 Å². The van der Waals surface area contributed by atoms with Crippen molar-refractivity contribution in [3.63, 3.8) is 0 Å². The minimum atomic E-state index is -1.23. The van der Waals surface area contributed by atoms with Crippen molar-refractivity contribution in [3.8, 4) is 0 Å². The van der Waals surface area contributed by atoms with Gasteiger partial charge in [-0.15, -0.1) is 0 Å². The molecule has 1 aromatic carbocycles. The summed E-state index contributed by atoms with van der Waals surface area (Å²) in [6, 6.07) is 7.70. The van der Waals surface area contributed by atoms with E-state index in [0.29, 0.717) is 5.92 Å². The highest BCUT2D eigenvalue weighted by Gasteiger charge is 2.23. The molecule has 0 aromatic heterocycles. The van der Waals surface area contributed by atoms with Gasteiger partial charge in [0, 0.05) is 10.3 Å². The summed E-state index contributed by atoms with van der Waals surface area (Å²) in [7, 11) is -1.23. The average molecular weight is 266 g/mol. The molecule has 0 aliphatic heterocycles. The van der Waals surface area contributed by atoms with Gasteiger partial charge in [-0.05, 0) is 23.6 Å². The first-order valence-corrected chi connectivity index (χ1v) is 7.55. The molecule has 1 unspecified atom stereocenters. The molecule has 3 heteroatoms. The van der Waals surface area contributed by atoms with Gasteiger partial charge in [0.15, 0.2) is 5.78 Å². The Morgan fingerprint density at radius 2 is 1.67 bits per heavy atom. The maximum Gasteiger partial charge on any atom is 0.151 e. The summed E-state index contributed by atoms with van der Waals surface area (Å²) in [5.41, 5.74) is 0.797. The van der Waals surface area contributed by atoms with E-state index in [4.69, 9.17) is 0 Å². The van der Waals surface area contributed by atoms with Crippen LogP contribution in [-0.2, 0) is 15.6 Å². The number of carbonyl (C=O) groups excluding carboxylic acids is 1. The van der Waals surface area contributed by atoms with Gasteiger partial charge >= 0.3 is 0 Å². The van der Waals surface area contributed by atoms with Crippen LogP contribution < -0.4 is 0 Å². The van der Waals surface area contributed by atoms with Crippen molar-refractivity contribution in [1.82, 2.24) is 0 Å². The summed E-state index contributed by atoms with van der Waals surface area (Å²) in [5, 5.41) is 0. The smallest absolute Gasteiger partial charge is 0.151 e. The molecule has 18 heavy (non-hydrogen) atoms. The molecule has 0 saturated heterocycles. The van der Waals surface area contributed by atoms with Crippen LogP contribution in [0.5, 0.6) is 0 Å². The monoisotopic (exact) mass is 266 g/mol. The minimum Gasteiger partial charge on any atom is -0.298 e. The molecule has 1 atom stereocenters. The van der Waals surface area contributed by atoms with Gasteiger partial charge in [0.25, 0.3) is 0 Å². The van der Waals surface area contributed by atoms with E-state index in [-0.39, 0.29) is 11.5 Å². The SMILES string of the molecule is CC(C)c1ccc(S(=O)CC(=O)C(C)(C)C)cc1. The fourth-order valence-electron chi connectivity index (χ4n) is 1.42. The minimum absolute atomic E-state index is 0.0359. The van der Waals surface area contributed by atoms with Crippen molar-refractivity contribution in [3.05, 3.63) is 29.8 Å². The van der Waals surface area contributed by atoms with Crippen LogP contribution >= 0.6 is 0 Å². The Morgan fingerprint density at radius 3 is 2.06 bits per heavy atom. The number of Topliss-reactive ketones (excluding diaryl/α,β-unsaturated/α-hetero) is 1. The van der Waals surface area contributed by atoms with Crippen molar-refractivity contribution in [2.75, 3.05) is 5.75 Å². The van der Waals surface area contributed by atoms with E-state index in [2.05, 4.69) is 13.8 Å². The standard InChI is InChI=1S/C15H22O2S/c1-11(2)12-6-8-13(9-7-12)18(17)10-14(16)15(3,4)5/h6-9,11H,10H2,1-5H3. The Labute approximate surface area is 112 Å². The lowest BCUT2D eigenvalue weighted by Gasteiger charge is -2.16. The van der Waals surface area contributed by atoms with Crippen molar-refractivity contribution < 1.29 is 9.00 Å². The van der Waals surface area contributed by atoms with E-state index in [1.165, 1.54) is 5.56 Å². The molecule has 0 N–H and O–H groups in total. The number of hydrogen-bond donors (Lipinski definition) is 0. The predicted molar refractivity (Wildman–Crippen MR) is 76.3 cm³/mol. The molecular formula is C15H22O2S. The summed E-state index contributed by atoms with van der Waals surface area (Å²) in [4.78, 5) is 12.6. The first-order chi connectivity index (χ1) is 8.21. The molecule has 1 rings (SSSR count). The molecular weight excluding hydrogens is 244 g/mol. The van der Waals surface area contributed by atoms with Crippen molar-refractivity contribution in [1.29, 1.82) is 0 Å². The zero-order valence-electron chi connectivity index (χ0n) is 11.8. The van der Waals surface area contributed by atoms with Gasteiger partial charge in [0.2, 0.25) is 0 Å². The molecule has 0 spiro atoms. The number of carbonyl (C=O) groups is 1. The lowest BCUT2D eigenvalue weighted by atomic mass is 9.92. The summed E-state index contributed by atoms with van der Waals surface area (Å²) >= 11 is 0. The fourth-order valence-corrected chi connectivity index (χ4v) is 2.70. The molecule has 1 aromatic rings. The molecule has 0 saturated carbocycles. The molecule has 0 amide bonds. The summed E-state index contributed by atoms with van der Waals surface area (Å²) in [6.07, 6.45) is 0. The highest BCUT2D eigenvalue weighted by atomic mass is 32.2. The van der Waals surface area contributed by atoms with Gasteiger partial charge in [0.05, 0.1) is 16.6 Å². The van der Waals surface area contributed by atoms with Crippen LogP contribution in [0.1, 0.15) is 46.1 Å². The summed E-state index contributed by atoms with van der Waals surface area (Å²) < 4.78 is 12.1. The first-order valence-electron chi connectivity index (χ1n) is 6.23. The Kier molecular flexibility index (Phi) is 4.85. The number of benzene rings is 1. The van der Waals surface area contributed by atoms with E-state index in [1.807, 2.05) is 45.0 Å². The number of rotatable bonds is 4. The van der Waals surface area contributed by atoms with Crippen LogP contribution in [0.25, 0.3) is 0 Å². The zero-order valence-corrected chi connectivity index (χ0v) is 12.6. The molecule has 0 aliphatic carbocycles. The quantitative estimate of drug-likeness (QED) is 0.835. The highest BCUT2D eigenvalue weighted by Crippen LogP contribution is 2.19. The van der Waals surface area contributed by atoms with Crippen LogP contribution in [0.3, 0.4) is 0 Å². The van der Waals surface area contributed by atoms with E-state index >= 15 is 0 Å². The zero-order chi connectivity index (χ0) is 13.9. The average Bonchev–Trinajstić information content (AvgIpc) is 2.27. The van der Waals surface area contributed by atoms with Gasteiger partial charge < -0.3 is 0 Å². The van der Waals surface area contributed by atoms with Crippen LogP contribution in [-0.4, -0.2) is 15.7 Å². The van der Waals surface area contributed by atoms with E-state index in [9.17, 15) is 9.00 Å². The summed E-state index contributed by atoms with van der Waals surface area (Å²) in [5.74, 6) is 0.599. The molecule has 2 nitrogen and oxygen atoms in total. The molecule has 0 radical (unpaired) electrons. The van der Waals surface area contributed by atoms with E-state index in [1.54, 1.807) is 0 Å². The Hall–Kier alpha value is -0.960. The number of hydrogen-bond acceptors (Lipinski definition) is 2. The van der Waals surface area contributed by atoms with Gasteiger partial charge in [-0.2, -0.15) is 0 Å². The van der Waals surface area contributed by atoms with Gasteiger partial charge in [-0.1, -0.05) is 46.8 Å². The van der Waals surface area contributed by atoms with E-state index in [0.717, 1.165) is 4.90 Å². The van der Waals surface area contributed by atoms with Crippen molar-refractivity contribution >= 4 is 16.6 Å². The topological polar surface area (TPSA) is 34.1 Å². The Balaban J connectivity index is 2.77. The van der Waals surface area contributed by atoms with Crippen LogP contribution in [0.2, 0.25) is 0 Å². The van der Waals surface area contributed by atoms with Crippen LogP contribution in [0, 0.1) is 5.41 Å². The third-order valence-electron chi connectivity index (χ3n) is 2.91. The Morgan fingerprint density at radius 1 is 1.17 bits per heavy atom. The number of ketones is 1. The largest absolute Gasteiger partial charge is 0.298 e. The first kappa shape index (κ1) is 15.1. The molecule has 0 fully saturated rings. The predicted octanol–water partition coefficient (Wildman–Crippen LogP) is 3.53.